The lowest BCUT2D eigenvalue weighted by atomic mass is 10.2. The first-order chi connectivity index (χ1) is 11.6. The van der Waals surface area contributed by atoms with Crippen LogP contribution in [0.3, 0.4) is 0 Å². The molecule has 0 aliphatic rings. The number of carbonyl (C=O) groups excluding carboxylic acids is 1. The molecule has 122 valence electrons. The summed E-state index contributed by atoms with van der Waals surface area (Å²) in [5.74, 6) is -0.0223. The van der Waals surface area contributed by atoms with Gasteiger partial charge in [0.25, 0.3) is 0 Å². The summed E-state index contributed by atoms with van der Waals surface area (Å²) in [4.78, 5) is 13.1. The molecular weight excluding hydrogens is 351 g/mol. The number of esters is 1. The van der Waals surface area contributed by atoms with E-state index in [1.54, 1.807) is 18.2 Å². The van der Waals surface area contributed by atoms with Crippen molar-refractivity contribution in [2.75, 3.05) is 0 Å². The van der Waals surface area contributed by atoms with Crippen LogP contribution >= 0.6 is 23.2 Å². The standard InChI is InChI=1S/C16H12Cl2N4O2/c17-13-7-6-11(8-14(13)18)10-24-15(23)9-22-20-16(19-21-22)12-4-2-1-3-5-12/h1-8H,9-10H2. The zero-order valence-electron chi connectivity index (χ0n) is 12.4. The van der Waals surface area contributed by atoms with Gasteiger partial charge >= 0.3 is 5.97 Å². The molecule has 0 fully saturated rings. The third-order valence-corrected chi connectivity index (χ3v) is 3.88. The van der Waals surface area contributed by atoms with Gasteiger partial charge in [0.1, 0.15) is 6.61 Å². The molecule has 0 atom stereocenters. The Morgan fingerprint density at radius 1 is 1.08 bits per heavy atom. The molecule has 1 heterocycles. The number of nitrogens with zero attached hydrogens (tertiary/aromatic N) is 4. The van der Waals surface area contributed by atoms with Crippen LogP contribution in [-0.2, 0) is 22.7 Å². The molecule has 0 N–H and O–H groups in total. The van der Waals surface area contributed by atoms with Crippen LogP contribution in [-0.4, -0.2) is 26.2 Å². The maximum atomic E-state index is 11.9. The van der Waals surface area contributed by atoms with Gasteiger partial charge in [0.2, 0.25) is 5.82 Å². The van der Waals surface area contributed by atoms with E-state index in [1.165, 1.54) is 4.80 Å². The zero-order valence-corrected chi connectivity index (χ0v) is 13.9. The van der Waals surface area contributed by atoms with E-state index in [2.05, 4.69) is 15.4 Å². The predicted molar refractivity (Wildman–Crippen MR) is 89.5 cm³/mol. The predicted octanol–water partition coefficient (Wildman–Crippen LogP) is 3.39. The van der Waals surface area contributed by atoms with Crippen LogP contribution in [0.4, 0.5) is 0 Å². The Bertz CT molecular complexity index is 852. The van der Waals surface area contributed by atoms with Gasteiger partial charge in [0.05, 0.1) is 10.0 Å². The fourth-order valence-electron chi connectivity index (χ4n) is 1.97. The smallest absolute Gasteiger partial charge is 0.330 e. The van der Waals surface area contributed by atoms with Gasteiger partial charge in [0, 0.05) is 5.56 Å². The van der Waals surface area contributed by atoms with E-state index in [0.29, 0.717) is 15.9 Å². The summed E-state index contributed by atoms with van der Waals surface area (Å²) in [5, 5.41) is 12.8. The van der Waals surface area contributed by atoms with E-state index in [9.17, 15) is 4.79 Å². The van der Waals surface area contributed by atoms with Gasteiger partial charge in [-0.3, -0.25) is 0 Å². The molecule has 2 aromatic carbocycles. The number of ether oxygens (including phenoxy) is 1. The monoisotopic (exact) mass is 362 g/mol. The van der Waals surface area contributed by atoms with Gasteiger partial charge in [-0.1, -0.05) is 59.6 Å². The fourth-order valence-corrected chi connectivity index (χ4v) is 2.29. The summed E-state index contributed by atoms with van der Waals surface area (Å²) >= 11 is 11.8. The average Bonchev–Trinajstić information content (AvgIpc) is 3.05. The van der Waals surface area contributed by atoms with Crippen LogP contribution in [0.25, 0.3) is 11.4 Å². The Labute approximate surface area is 148 Å². The van der Waals surface area contributed by atoms with E-state index in [1.807, 2.05) is 30.3 Å². The largest absolute Gasteiger partial charge is 0.459 e. The molecule has 1 aromatic heterocycles. The summed E-state index contributed by atoms with van der Waals surface area (Å²) in [6, 6.07) is 14.4. The van der Waals surface area contributed by atoms with Crippen molar-refractivity contribution in [1.82, 2.24) is 20.2 Å². The average molecular weight is 363 g/mol. The number of tetrazole rings is 1. The highest BCUT2D eigenvalue weighted by atomic mass is 35.5. The molecule has 24 heavy (non-hydrogen) atoms. The van der Waals surface area contributed by atoms with Crippen molar-refractivity contribution >= 4 is 29.2 Å². The summed E-state index contributed by atoms with van der Waals surface area (Å²) in [6.45, 7) is -0.0306. The van der Waals surface area contributed by atoms with E-state index in [4.69, 9.17) is 27.9 Å². The summed E-state index contributed by atoms with van der Waals surface area (Å²) in [6.07, 6.45) is 0. The number of hydrogen-bond donors (Lipinski definition) is 0. The van der Waals surface area contributed by atoms with E-state index >= 15 is 0 Å². The van der Waals surface area contributed by atoms with Crippen molar-refractivity contribution in [2.24, 2.45) is 0 Å². The second kappa shape index (κ2) is 7.42. The molecule has 0 aliphatic heterocycles. The molecule has 8 heteroatoms. The van der Waals surface area contributed by atoms with Crippen LogP contribution in [0.2, 0.25) is 10.0 Å². The fraction of sp³-hybridized carbons (Fsp3) is 0.125. The Morgan fingerprint density at radius 2 is 1.88 bits per heavy atom. The van der Waals surface area contributed by atoms with Crippen LogP contribution in [0, 0.1) is 0 Å². The molecule has 0 saturated carbocycles. The normalized spacial score (nSPS) is 10.6. The second-order valence-corrected chi connectivity index (χ2v) is 5.73. The lowest BCUT2D eigenvalue weighted by Crippen LogP contribution is -2.15. The minimum absolute atomic E-state index is 0.0932. The molecule has 0 saturated heterocycles. The number of halogens is 2. The molecule has 0 unspecified atom stereocenters. The van der Waals surface area contributed by atoms with Gasteiger partial charge in [-0.2, -0.15) is 4.80 Å². The topological polar surface area (TPSA) is 69.9 Å². The number of carbonyl (C=O) groups is 1. The molecule has 3 rings (SSSR count). The molecule has 0 amide bonds. The van der Waals surface area contributed by atoms with Crippen molar-refractivity contribution in [2.45, 2.75) is 13.2 Å². The number of aromatic nitrogens is 4. The summed E-state index contributed by atoms with van der Waals surface area (Å²) in [5.41, 5.74) is 1.57. The highest BCUT2D eigenvalue weighted by Gasteiger charge is 2.10. The molecule has 0 spiro atoms. The minimum Gasteiger partial charge on any atom is -0.459 e. The number of benzene rings is 2. The first-order valence-corrected chi connectivity index (χ1v) is 7.80. The van der Waals surface area contributed by atoms with E-state index < -0.39 is 5.97 Å². The first kappa shape index (κ1) is 16.4. The van der Waals surface area contributed by atoms with E-state index in [0.717, 1.165) is 11.1 Å². The molecule has 0 bridgehead atoms. The molecule has 3 aromatic rings. The van der Waals surface area contributed by atoms with Crippen molar-refractivity contribution < 1.29 is 9.53 Å². The van der Waals surface area contributed by atoms with Crippen molar-refractivity contribution in [3.8, 4) is 11.4 Å². The quantitative estimate of drug-likeness (QED) is 0.650. The van der Waals surface area contributed by atoms with Gasteiger partial charge in [-0.25, -0.2) is 4.79 Å². The lowest BCUT2D eigenvalue weighted by molar-refractivity contribution is -0.146. The maximum absolute atomic E-state index is 11.9. The SMILES string of the molecule is O=C(Cn1nnc(-c2ccccc2)n1)OCc1ccc(Cl)c(Cl)c1. The molecular formula is C16H12Cl2N4O2. The molecule has 0 radical (unpaired) electrons. The van der Waals surface area contributed by atoms with Crippen molar-refractivity contribution in [3.63, 3.8) is 0 Å². The highest BCUT2D eigenvalue weighted by molar-refractivity contribution is 6.42. The summed E-state index contributed by atoms with van der Waals surface area (Å²) < 4.78 is 5.17. The Balaban J connectivity index is 1.57. The minimum atomic E-state index is -0.474. The highest BCUT2D eigenvalue weighted by Crippen LogP contribution is 2.22. The second-order valence-electron chi connectivity index (χ2n) is 4.92. The van der Waals surface area contributed by atoms with E-state index in [-0.39, 0.29) is 13.2 Å². The van der Waals surface area contributed by atoms with Crippen molar-refractivity contribution in [3.05, 3.63) is 64.1 Å². The van der Waals surface area contributed by atoms with Crippen molar-refractivity contribution in [1.29, 1.82) is 0 Å². The third-order valence-electron chi connectivity index (χ3n) is 3.14. The van der Waals surface area contributed by atoms with Crippen LogP contribution in [0.1, 0.15) is 5.56 Å². The molecule has 0 aliphatic carbocycles. The summed E-state index contributed by atoms with van der Waals surface area (Å²) in [7, 11) is 0. The Hall–Kier alpha value is -2.44. The Kier molecular flexibility index (Phi) is 5.08. The zero-order chi connectivity index (χ0) is 16.9. The van der Waals surface area contributed by atoms with Gasteiger partial charge in [-0.15, -0.1) is 10.2 Å². The number of rotatable bonds is 5. The number of hydrogen-bond acceptors (Lipinski definition) is 5. The first-order valence-electron chi connectivity index (χ1n) is 7.04. The van der Waals surface area contributed by atoms with Gasteiger partial charge in [0.15, 0.2) is 6.54 Å². The van der Waals surface area contributed by atoms with Crippen LogP contribution in [0.15, 0.2) is 48.5 Å². The van der Waals surface area contributed by atoms with Gasteiger partial charge in [-0.05, 0) is 22.9 Å². The third kappa shape index (κ3) is 4.10. The lowest BCUT2D eigenvalue weighted by Gasteiger charge is -2.05. The van der Waals surface area contributed by atoms with Crippen LogP contribution < -0.4 is 0 Å². The van der Waals surface area contributed by atoms with Gasteiger partial charge < -0.3 is 4.74 Å². The Morgan fingerprint density at radius 3 is 2.62 bits per heavy atom. The molecule has 6 nitrogen and oxygen atoms in total. The maximum Gasteiger partial charge on any atom is 0.330 e. The van der Waals surface area contributed by atoms with Crippen LogP contribution in [0.5, 0.6) is 0 Å².